The molecule has 5 nitrogen and oxygen atoms in total. The number of carbonyl (C=O) groups excluding carboxylic acids is 1. The number of rotatable bonds is 5. The van der Waals surface area contributed by atoms with E-state index >= 15 is 0 Å². The van der Waals surface area contributed by atoms with E-state index in [1.165, 1.54) is 4.90 Å². The third-order valence-electron chi connectivity index (χ3n) is 3.55. The molecule has 92 valence electrons. The number of amides is 1. The van der Waals surface area contributed by atoms with Gasteiger partial charge in [-0.05, 0) is 26.3 Å². The van der Waals surface area contributed by atoms with E-state index in [-0.39, 0.29) is 0 Å². The molecular weight excluding hydrogens is 208 g/mol. The van der Waals surface area contributed by atoms with Gasteiger partial charge < -0.3 is 14.9 Å². The lowest BCUT2D eigenvalue weighted by Crippen LogP contribution is -2.59. The Morgan fingerprint density at radius 1 is 1.44 bits per heavy atom. The molecule has 1 aliphatic heterocycles. The molecule has 0 unspecified atom stereocenters. The second-order valence-electron chi connectivity index (χ2n) is 4.16. The minimum Gasteiger partial charge on any atom is -0.479 e. The topological polar surface area (TPSA) is 60.9 Å². The number of likely N-dealkylation sites (N-methyl/N-ethyl adjacent to an activating group) is 1. The summed E-state index contributed by atoms with van der Waals surface area (Å²) in [6.07, 6.45) is 1.70. The average Bonchev–Trinajstić information content (AvgIpc) is 2.31. The lowest BCUT2D eigenvalue weighted by atomic mass is 9.86. The zero-order valence-corrected chi connectivity index (χ0v) is 9.98. The molecule has 1 fully saturated rings. The molecular formula is C11H20N2O3. The Labute approximate surface area is 96.0 Å². The number of likely N-dealkylation sites (tertiary alicyclic amines) is 1. The van der Waals surface area contributed by atoms with Gasteiger partial charge in [0.1, 0.15) is 5.54 Å². The van der Waals surface area contributed by atoms with Gasteiger partial charge in [-0.3, -0.25) is 4.79 Å². The molecule has 1 heterocycles. The molecule has 1 aliphatic rings. The number of hydrogen-bond donors (Lipinski definition) is 1. The Morgan fingerprint density at radius 2 is 2.00 bits per heavy atom. The van der Waals surface area contributed by atoms with Crippen LogP contribution in [0.2, 0.25) is 0 Å². The van der Waals surface area contributed by atoms with Crippen molar-refractivity contribution in [1.29, 1.82) is 0 Å². The molecule has 1 rings (SSSR count). The van der Waals surface area contributed by atoms with Gasteiger partial charge in [0.05, 0.1) is 0 Å². The van der Waals surface area contributed by atoms with Crippen LogP contribution in [0.25, 0.3) is 0 Å². The monoisotopic (exact) mass is 228 g/mol. The van der Waals surface area contributed by atoms with E-state index in [1.807, 2.05) is 6.92 Å². The molecule has 0 atom stereocenters. The van der Waals surface area contributed by atoms with Crippen LogP contribution in [-0.4, -0.2) is 59.0 Å². The summed E-state index contributed by atoms with van der Waals surface area (Å²) in [5, 5.41) is 9.36. The van der Waals surface area contributed by atoms with Crippen molar-refractivity contribution in [3.63, 3.8) is 0 Å². The van der Waals surface area contributed by atoms with Crippen LogP contribution in [0.4, 0.5) is 0 Å². The smallest absolute Gasteiger partial charge is 0.329 e. The SMILES string of the molecule is CCN1CCC(C(=O)O)(N(C=O)CC)CC1. The van der Waals surface area contributed by atoms with Gasteiger partial charge in [0.2, 0.25) is 6.41 Å². The molecule has 1 amide bonds. The van der Waals surface area contributed by atoms with E-state index in [4.69, 9.17) is 0 Å². The Kier molecular flexibility index (Phi) is 4.29. The predicted octanol–water partition coefficient (Wildman–Crippen LogP) is 0.404. The van der Waals surface area contributed by atoms with E-state index in [0.717, 1.165) is 19.6 Å². The van der Waals surface area contributed by atoms with E-state index in [0.29, 0.717) is 25.8 Å². The highest BCUT2D eigenvalue weighted by atomic mass is 16.4. The van der Waals surface area contributed by atoms with Crippen molar-refractivity contribution < 1.29 is 14.7 Å². The Bertz CT molecular complexity index is 260. The van der Waals surface area contributed by atoms with Crippen molar-refractivity contribution in [2.75, 3.05) is 26.2 Å². The van der Waals surface area contributed by atoms with Crippen LogP contribution in [0, 0.1) is 0 Å². The van der Waals surface area contributed by atoms with E-state index in [1.54, 1.807) is 0 Å². The molecule has 0 aromatic heterocycles. The van der Waals surface area contributed by atoms with Gasteiger partial charge in [-0.15, -0.1) is 0 Å². The third-order valence-corrected chi connectivity index (χ3v) is 3.55. The molecule has 5 heteroatoms. The normalized spacial score (nSPS) is 20.4. The first-order chi connectivity index (χ1) is 7.60. The number of aliphatic carboxylic acids is 1. The van der Waals surface area contributed by atoms with E-state index < -0.39 is 11.5 Å². The van der Waals surface area contributed by atoms with Crippen LogP contribution in [0.5, 0.6) is 0 Å². The van der Waals surface area contributed by atoms with Crippen LogP contribution < -0.4 is 0 Å². The molecule has 0 aliphatic carbocycles. The summed E-state index contributed by atoms with van der Waals surface area (Å²) in [6.45, 7) is 6.74. The van der Waals surface area contributed by atoms with Crippen molar-refractivity contribution in [3.8, 4) is 0 Å². The fraction of sp³-hybridized carbons (Fsp3) is 0.818. The summed E-state index contributed by atoms with van der Waals surface area (Å²) in [5.74, 6) is -0.878. The first kappa shape index (κ1) is 13.0. The number of carboxylic acids is 1. The molecule has 0 aromatic carbocycles. The maximum Gasteiger partial charge on any atom is 0.329 e. The molecule has 0 saturated carbocycles. The molecule has 1 N–H and O–H groups in total. The van der Waals surface area contributed by atoms with E-state index in [2.05, 4.69) is 11.8 Å². The Morgan fingerprint density at radius 3 is 2.31 bits per heavy atom. The number of hydrogen-bond acceptors (Lipinski definition) is 3. The number of piperidine rings is 1. The molecule has 1 saturated heterocycles. The van der Waals surface area contributed by atoms with Crippen LogP contribution in [-0.2, 0) is 9.59 Å². The van der Waals surface area contributed by atoms with Gasteiger partial charge in [0.25, 0.3) is 0 Å². The summed E-state index contributed by atoms with van der Waals surface area (Å²) in [5.41, 5.74) is -0.984. The second kappa shape index (κ2) is 5.30. The van der Waals surface area contributed by atoms with Gasteiger partial charge in [0.15, 0.2) is 0 Å². The molecule has 0 bridgehead atoms. The lowest BCUT2D eigenvalue weighted by Gasteiger charge is -2.43. The first-order valence-corrected chi connectivity index (χ1v) is 5.78. The number of nitrogens with zero attached hydrogens (tertiary/aromatic N) is 2. The van der Waals surface area contributed by atoms with Crippen molar-refractivity contribution >= 4 is 12.4 Å². The third kappa shape index (κ3) is 2.19. The fourth-order valence-corrected chi connectivity index (χ4v) is 2.34. The first-order valence-electron chi connectivity index (χ1n) is 5.78. The summed E-state index contributed by atoms with van der Waals surface area (Å²) >= 11 is 0. The summed E-state index contributed by atoms with van der Waals surface area (Å²) in [4.78, 5) is 26.0. The summed E-state index contributed by atoms with van der Waals surface area (Å²) < 4.78 is 0. The average molecular weight is 228 g/mol. The molecule has 0 spiro atoms. The lowest BCUT2D eigenvalue weighted by molar-refractivity contribution is -0.158. The minimum atomic E-state index is -0.984. The quantitative estimate of drug-likeness (QED) is 0.692. The highest BCUT2D eigenvalue weighted by molar-refractivity contribution is 5.81. The predicted molar refractivity (Wildman–Crippen MR) is 60.2 cm³/mol. The van der Waals surface area contributed by atoms with Gasteiger partial charge >= 0.3 is 5.97 Å². The van der Waals surface area contributed by atoms with Crippen molar-refractivity contribution in [2.45, 2.75) is 32.2 Å². The van der Waals surface area contributed by atoms with Crippen LogP contribution in [0.3, 0.4) is 0 Å². The van der Waals surface area contributed by atoms with E-state index in [9.17, 15) is 14.7 Å². The highest BCUT2D eigenvalue weighted by Gasteiger charge is 2.45. The van der Waals surface area contributed by atoms with Gasteiger partial charge in [-0.25, -0.2) is 4.79 Å². The minimum absolute atomic E-state index is 0.446. The molecule has 0 radical (unpaired) electrons. The zero-order chi connectivity index (χ0) is 12.2. The van der Waals surface area contributed by atoms with Gasteiger partial charge in [0, 0.05) is 19.6 Å². The van der Waals surface area contributed by atoms with Crippen molar-refractivity contribution in [3.05, 3.63) is 0 Å². The van der Waals surface area contributed by atoms with Crippen LogP contribution >= 0.6 is 0 Å². The number of carboxylic acid groups (broad SMARTS) is 1. The summed E-state index contributed by atoms with van der Waals surface area (Å²) in [7, 11) is 0. The van der Waals surface area contributed by atoms with Gasteiger partial charge in [-0.2, -0.15) is 0 Å². The van der Waals surface area contributed by atoms with Crippen LogP contribution in [0.1, 0.15) is 26.7 Å². The molecule has 16 heavy (non-hydrogen) atoms. The van der Waals surface area contributed by atoms with Gasteiger partial charge in [-0.1, -0.05) is 6.92 Å². The second-order valence-corrected chi connectivity index (χ2v) is 4.16. The Hall–Kier alpha value is -1.10. The van der Waals surface area contributed by atoms with Crippen molar-refractivity contribution in [2.24, 2.45) is 0 Å². The fourth-order valence-electron chi connectivity index (χ4n) is 2.34. The zero-order valence-electron chi connectivity index (χ0n) is 9.98. The van der Waals surface area contributed by atoms with Crippen molar-refractivity contribution in [1.82, 2.24) is 9.80 Å². The standard InChI is InChI=1S/C11H20N2O3/c1-3-12-7-5-11(6-8-12,10(15)16)13(4-2)9-14/h9H,3-8H2,1-2H3,(H,15,16). The Balaban J connectivity index is 2.83. The highest BCUT2D eigenvalue weighted by Crippen LogP contribution is 2.28. The summed E-state index contributed by atoms with van der Waals surface area (Å²) in [6, 6.07) is 0. The largest absolute Gasteiger partial charge is 0.479 e. The molecule has 0 aromatic rings. The van der Waals surface area contributed by atoms with Crippen LogP contribution in [0.15, 0.2) is 0 Å². The maximum absolute atomic E-state index is 11.4. The number of carbonyl (C=O) groups is 2. The maximum atomic E-state index is 11.4.